The number of carbonyl (C=O) groups excluding carboxylic acids is 1. The van der Waals surface area contributed by atoms with Crippen LogP contribution < -0.4 is 5.32 Å². The lowest BCUT2D eigenvalue weighted by Crippen LogP contribution is -2.46. The van der Waals surface area contributed by atoms with E-state index in [1.54, 1.807) is 20.8 Å². The number of alkyl carbamates (subject to hydrolysis) is 1. The summed E-state index contributed by atoms with van der Waals surface area (Å²) in [7, 11) is 0. The Morgan fingerprint density at radius 3 is 2.38 bits per heavy atom. The second-order valence-electron chi connectivity index (χ2n) is 5.29. The average molecular weight is 231 g/mol. The van der Waals surface area contributed by atoms with Crippen molar-refractivity contribution in [1.82, 2.24) is 5.32 Å². The molecule has 3 N–H and O–H groups in total. The fourth-order valence-electron chi connectivity index (χ4n) is 1.74. The summed E-state index contributed by atoms with van der Waals surface area (Å²) in [5, 5.41) is 21.5. The van der Waals surface area contributed by atoms with Gasteiger partial charge in [0.2, 0.25) is 0 Å². The fraction of sp³-hybridized carbons (Fsp3) is 0.909. The third kappa shape index (κ3) is 4.37. The zero-order valence-corrected chi connectivity index (χ0v) is 10.1. The first-order valence-corrected chi connectivity index (χ1v) is 5.63. The highest BCUT2D eigenvalue weighted by Gasteiger charge is 2.29. The molecule has 1 amide bonds. The van der Waals surface area contributed by atoms with Gasteiger partial charge in [0.15, 0.2) is 0 Å². The van der Waals surface area contributed by atoms with E-state index < -0.39 is 23.9 Å². The molecular weight excluding hydrogens is 210 g/mol. The van der Waals surface area contributed by atoms with Gasteiger partial charge < -0.3 is 20.3 Å². The maximum absolute atomic E-state index is 11.4. The van der Waals surface area contributed by atoms with Crippen molar-refractivity contribution in [2.24, 2.45) is 0 Å². The van der Waals surface area contributed by atoms with Gasteiger partial charge in [0.1, 0.15) is 5.60 Å². The van der Waals surface area contributed by atoms with E-state index in [-0.39, 0.29) is 6.04 Å². The Balaban J connectivity index is 2.35. The predicted octanol–water partition coefficient (Wildman–Crippen LogP) is 0.785. The van der Waals surface area contributed by atoms with Crippen LogP contribution in [0.4, 0.5) is 4.79 Å². The Morgan fingerprint density at radius 1 is 1.25 bits per heavy atom. The van der Waals surface area contributed by atoms with Gasteiger partial charge in [-0.3, -0.25) is 0 Å². The van der Waals surface area contributed by atoms with E-state index in [1.807, 2.05) is 0 Å². The van der Waals surface area contributed by atoms with Gasteiger partial charge >= 0.3 is 6.09 Å². The molecule has 94 valence electrons. The van der Waals surface area contributed by atoms with Gasteiger partial charge in [0, 0.05) is 6.04 Å². The third-order valence-corrected chi connectivity index (χ3v) is 2.50. The average Bonchev–Trinajstić information content (AvgIpc) is 2.08. The van der Waals surface area contributed by atoms with Gasteiger partial charge in [0.05, 0.1) is 12.2 Å². The maximum atomic E-state index is 11.4. The number of hydrogen-bond donors (Lipinski definition) is 3. The first-order valence-electron chi connectivity index (χ1n) is 5.63. The molecule has 3 atom stereocenters. The van der Waals surface area contributed by atoms with Crippen molar-refractivity contribution in [3.63, 3.8) is 0 Å². The van der Waals surface area contributed by atoms with Crippen LogP contribution in [0.15, 0.2) is 0 Å². The van der Waals surface area contributed by atoms with Gasteiger partial charge in [-0.25, -0.2) is 4.79 Å². The van der Waals surface area contributed by atoms with E-state index in [9.17, 15) is 15.0 Å². The first kappa shape index (κ1) is 13.3. The minimum atomic E-state index is -0.756. The number of hydrogen-bond acceptors (Lipinski definition) is 4. The molecule has 0 saturated heterocycles. The van der Waals surface area contributed by atoms with Gasteiger partial charge in [-0.2, -0.15) is 0 Å². The van der Waals surface area contributed by atoms with E-state index in [0.29, 0.717) is 19.3 Å². The SMILES string of the molecule is CC(C)(C)OC(=O)NC1CC[C@H](O)[C@@H](O)C1. The summed E-state index contributed by atoms with van der Waals surface area (Å²) in [6, 6.07) is -0.117. The predicted molar refractivity (Wildman–Crippen MR) is 59.0 cm³/mol. The Labute approximate surface area is 95.8 Å². The molecule has 0 spiro atoms. The highest BCUT2D eigenvalue weighted by atomic mass is 16.6. The molecule has 0 aromatic heterocycles. The molecule has 1 unspecified atom stereocenters. The summed E-state index contributed by atoms with van der Waals surface area (Å²) in [6.07, 6.45) is -0.356. The van der Waals surface area contributed by atoms with E-state index in [0.717, 1.165) is 0 Å². The molecular formula is C11H21NO4. The standard InChI is InChI=1S/C11H21NO4/c1-11(2,3)16-10(15)12-7-4-5-8(13)9(14)6-7/h7-9,13-14H,4-6H2,1-3H3,(H,12,15)/t7?,8-,9-/m0/s1. The number of amides is 1. The highest BCUT2D eigenvalue weighted by molar-refractivity contribution is 5.68. The number of aliphatic hydroxyl groups is 2. The zero-order valence-electron chi connectivity index (χ0n) is 10.1. The molecule has 0 aromatic carbocycles. The summed E-state index contributed by atoms with van der Waals surface area (Å²) in [6.45, 7) is 5.39. The highest BCUT2D eigenvalue weighted by Crippen LogP contribution is 2.19. The number of ether oxygens (including phenoxy) is 1. The van der Waals surface area contributed by atoms with Crippen molar-refractivity contribution >= 4 is 6.09 Å². The molecule has 0 bridgehead atoms. The molecule has 0 radical (unpaired) electrons. The number of rotatable bonds is 1. The summed E-state index contributed by atoms with van der Waals surface area (Å²) in [5.74, 6) is 0. The molecule has 5 heteroatoms. The molecule has 0 aliphatic heterocycles. The molecule has 1 saturated carbocycles. The minimum Gasteiger partial charge on any atom is -0.444 e. The van der Waals surface area contributed by atoms with Crippen molar-refractivity contribution in [3.05, 3.63) is 0 Å². The first-order chi connectivity index (χ1) is 7.28. The van der Waals surface area contributed by atoms with E-state index in [4.69, 9.17) is 4.74 Å². The second kappa shape index (κ2) is 5.01. The Hall–Kier alpha value is -0.810. The van der Waals surface area contributed by atoms with E-state index in [1.165, 1.54) is 0 Å². The fourth-order valence-corrected chi connectivity index (χ4v) is 1.74. The summed E-state index contributed by atoms with van der Waals surface area (Å²) >= 11 is 0. The van der Waals surface area contributed by atoms with Crippen molar-refractivity contribution in [2.45, 2.75) is 63.9 Å². The number of aliphatic hydroxyl groups excluding tert-OH is 2. The molecule has 16 heavy (non-hydrogen) atoms. The summed E-state index contributed by atoms with van der Waals surface area (Å²) < 4.78 is 5.11. The molecule has 1 rings (SSSR count). The Kier molecular flexibility index (Phi) is 4.15. The molecule has 1 fully saturated rings. The van der Waals surface area contributed by atoms with Crippen LogP contribution in [0.3, 0.4) is 0 Å². The van der Waals surface area contributed by atoms with Crippen molar-refractivity contribution in [3.8, 4) is 0 Å². The number of carbonyl (C=O) groups is 1. The summed E-state index contributed by atoms with van der Waals surface area (Å²) in [4.78, 5) is 11.4. The largest absolute Gasteiger partial charge is 0.444 e. The minimum absolute atomic E-state index is 0.117. The van der Waals surface area contributed by atoms with Crippen molar-refractivity contribution in [1.29, 1.82) is 0 Å². The zero-order chi connectivity index (χ0) is 12.3. The normalized spacial score (nSPS) is 30.9. The van der Waals surface area contributed by atoms with Gasteiger partial charge in [-0.05, 0) is 40.0 Å². The van der Waals surface area contributed by atoms with Crippen LogP contribution in [0.1, 0.15) is 40.0 Å². The number of nitrogens with one attached hydrogen (secondary N) is 1. The van der Waals surface area contributed by atoms with Crippen LogP contribution in [0, 0.1) is 0 Å². The van der Waals surface area contributed by atoms with Crippen LogP contribution in [0.5, 0.6) is 0 Å². The van der Waals surface area contributed by atoms with Gasteiger partial charge in [-0.1, -0.05) is 0 Å². The quantitative estimate of drug-likeness (QED) is 0.623. The van der Waals surface area contributed by atoms with E-state index >= 15 is 0 Å². The molecule has 1 aliphatic rings. The lowest BCUT2D eigenvalue weighted by molar-refractivity contribution is -0.0200. The van der Waals surface area contributed by atoms with Crippen LogP contribution in [0.2, 0.25) is 0 Å². The smallest absolute Gasteiger partial charge is 0.407 e. The molecule has 5 nitrogen and oxygen atoms in total. The van der Waals surface area contributed by atoms with Crippen molar-refractivity contribution in [2.75, 3.05) is 0 Å². The molecule has 0 aromatic rings. The van der Waals surface area contributed by atoms with Crippen LogP contribution in [-0.2, 0) is 4.74 Å². The lowest BCUT2D eigenvalue weighted by atomic mass is 9.91. The van der Waals surface area contributed by atoms with Crippen LogP contribution >= 0.6 is 0 Å². The molecule has 1 aliphatic carbocycles. The third-order valence-electron chi connectivity index (χ3n) is 2.50. The summed E-state index contributed by atoms with van der Waals surface area (Å²) in [5.41, 5.74) is -0.517. The van der Waals surface area contributed by atoms with Crippen molar-refractivity contribution < 1.29 is 19.7 Å². The topological polar surface area (TPSA) is 78.8 Å². The van der Waals surface area contributed by atoms with Crippen LogP contribution in [-0.4, -0.2) is 40.2 Å². The maximum Gasteiger partial charge on any atom is 0.407 e. The Bertz CT molecular complexity index is 249. The van der Waals surface area contributed by atoms with Gasteiger partial charge in [0.25, 0.3) is 0 Å². The second-order valence-corrected chi connectivity index (χ2v) is 5.29. The van der Waals surface area contributed by atoms with Gasteiger partial charge in [-0.15, -0.1) is 0 Å². The Morgan fingerprint density at radius 2 is 1.88 bits per heavy atom. The molecule has 0 heterocycles. The lowest BCUT2D eigenvalue weighted by Gasteiger charge is -2.31. The monoisotopic (exact) mass is 231 g/mol. The van der Waals surface area contributed by atoms with E-state index in [2.05, 4.69) is 5.32 Å². The van der Waals surface area contributed by atoms with Crippen LogP contribution in [0.25, 0.3) is 0 Å².